The quantitative estimate of drug-likeness (QED) is 0.860. The van der Waals surface area contributed by atoms with Crippen LogP contribution in [0.1, 0.15) is 38.5 Å². The van der Waals surface area contributed by atoms with Gasteiger partial charge in [0, 0.05) is 18.0 Å². The normalized spacial score (nSPS) is 17.2. The van der Waals surface area contributed by atoms with E-state index < -0.39 is 16.1 Å². The summed E-state index contributed by atoms with van der Waals surface area (Å²) in [5.74, 6) is -0.197. The van der Waals surface area contributed by atoms with E-state index in [2.05, 4.69) is 4.72 Å². The lowest BCUT2D eigenvalue weighted by Crippen LogP contribution is -2.50. The van der Waals surface area contributed by atoms with Gasteiger partial charge in [0.25, 0.3) is 10.0 Å². The molecule has 1 saturated heterocycles. The molecule has 1 N–H and O–H groups in total. The molecule has 2 rings (SSSR count). The third kappa shape index (κ3) is 3.88. The Labute approximate surface area is 136 Å². The van der Waals surface area contributed by atoms with Crippen LogP contribution >= 0.6 is 11.3 Å². The molecule has 0 spiro atoms. The Morgan fingerprint density at radius 1 is 1.32 bits per heavy atom. The van der Waals surface area contributed by atoms with E-state index in [1.54, 1.807) is 11.0 Å². The zero-order chi connectivity index (χ0) is 16.3. The predicted molar refractivity (Wildman–Crippen MR) is 88.5 cm³/mol. The minimum absolute atomic E-state index is 0.0894. The number of rotatable bonds is 6. The summed E-state index contributed by atoms with van der Waals surface area (Å²) >= 11 is 1.26. The molecule has 0 saturated carbocycles. The van der Waals surface area contributed by atoms with Crippen LogP contribution in [0.4, 0.5) is 0 Å². The average Bonchev–Trinajstić information content (AvgIpc) is 3.14. The lowest BCUT2D eigenvalue weighted by Gasteiger charge is -2.26. The minimum Gasteiger partial charge on any atom is -0.341 e. The first-order valence-corrected chi connectivity index (χ1v) is 10.0. The van der Waals surface area contributed by atoms with Gasteiger partial charge in [-0.05, 0) is 37.3 Å². The molecule has 7 heteroatoms. The Bertz CT molecular complexity index is 616. The average molecular weight is 345 g/mol. The molecule has 5 nitrogen and oxygen atoms in total. The standard InChI is InChI=1S/C15H24N2O3S2/c1-4-12-7-8-13(21-12)22(19,20)16-14(11(2)3)15(18)17-9-5-6-10-17/h7-8,11,14,16H,4-6,9-10H2,1-3H3/t14-/m0/s1. The molecule has 0 bridgehead atoms. The second-order valence-electron chi connectivity index (χ2n) is 5.95. The molecule has 0 radical (unpaired) electrons. The van der Waals surface area contributed by atoms with Gasteiger partial charge in [-0.15, -0.1) is 11.3 Å². The molecule has 1 aromatic rings. The van der Waals surface area contributed by atoms with E-state index in [-0.39, 0.29) is 16.0 Å². The van der Waals surface area contributed by atoms with Crippen LogP contribution < -0.4 is 4.72 Å². The van der Waals surface area contributed by atoms with Crippen molar-refractivity contribution in [2.45, 2.75) is 50.3 Å². The summed E-state index contributed by atoms with van der Waals surface area (Å²) in [6.45, 7) is 7.18. The highest BCUT2D eigenvalue weighted by atomic mass is 32.2. The predicted octanol–water partition coefficient (Wildman–Crippen LogP) is 2.24. The summed E-state index contributed by atoms with van der Waals surface area (Å²) in [5, 5.41) is 0. The lowest BCUT2D eigenvalue weighted by atomic mass is 10.0. The highest BCUT2D eigenvalue weighted by Gasteiger charge is 2.33. The Hall–Kier alpha value is -0.920. The van der Waals surface area contributed by atoms with Gasteiger partial charge >= 0.3 is 0 Å². The second kappa shape index (κ2) is 7.10. The summed E-state index contributed by atoms with van der Waals surface area (Å²) in [7, 11) is -3.65. The molecule has 22 heavy (non-hydrogen) atoms. The maximum atomic E-state index is 12.6. The van der Waals surface area contributed by atoms with Gasteiger partial charge in [0.15, 0.2) is 0 Å². The van der Waals surface area contributed by atoms with Gasteiger partial charge in [0.2, 0.25) is 5.91 Å². The number of hydrogen-bond donors (Lipinski definition) is 1. The second-order valence-corrected chi connectivity index (χ2v) is 9.06. The summed E-state index contributed by atoms with van der Waals surface area (Å²) in [6, 6.07) is 2.74. The van der Waals surface area contributed by atoms with Gasteiger partial charge < -0.3 is 4.90 Å². The lowest BCUT2D eigenvalue weighted by molar-refractivity contribution is -0.132. The van der Waals surface area contributed by atoms with Gasteiger partial charge in [0.1, 0.15) is 10.3 Å². The zero-order valence-electron chi connectivity index (χ0n) is 13.3. The number of aryl methyl sites for hydroxylation is 1. The van der Waals surface area contributed by atoms with Crippen LogP contribution in [0.5, 0.6) is 0 Å². The summed E-state index contributed by atoms with van der Waals surface area (Å²) in [4.78, 5) is 15.3. The Morgan fingerprint density at radius 2 is 1.95 bits per heavy atom. The topological polar surface area (TPSA) is 66.5 Å². The largest absolute Gasteiger partial charge is 0.341 e. The van der Waals surface area contributed by atoms with E-state index in [1.807, 2.05) is 26.8 Å². The van der Waals surface area contributed by atoms with Crippen molar-refractivity contribution in [1.82, 2.24) is 9.62 Å². The maximum absolute atomic E-state index is 12.6. The molecule has 124 valence electrons. The molecule has 0 unspecified atom stereocenters. The molecule has 0 aliphatic carbocycles. The first-order chi connectivity index (χ1) is 10.3. The molecule has 1 aliphatic heterocycles. The van der Waals surface area contributed by atoms with Crippen LogP contribution in [0, 0.1) is 5.92 Å². The molecular formula is C15H24N2O3S2. The highest BCUT2D eigenvalue weighted by Crippen LogP contribution is 2.23. The van der Waals surface area contributed by atoms with E-state index in [4.69, 9.17) is 0 Å². The molecule has 1 aromatic heterocycles. The molecule has 1 fully saturated rings. The van der Waals surface area contributed by atoms with Crippen molar-refractivity contribution in [2.24, 2.45) is 5.92 Å². The Balaban J connectivity index is 2.17. The third-order valence-corrected chi connectivity index (χ3v) is 7.05. The van der Waals surface area contributed by atoms with Crippen molar-refractivity contribution in [1.29, 1.82) is 0 Å². The summed E-state index contributed by atoms with van der Waals surface area (Å²) in [6.07, 6.45) is 2.79. The van der Waals surface area contributed by atoms with Crippen molar-refractivity contribution < 1.29 is 13.2 Å². The Morgan fingerprint density at radius 3 is 2.45 bits per heavy atom. The van der Waals surface area contributed by atoms with Crippen LogP contribution in [0.3, 0.4) is 0 Å². The number of hydrogen-bond acceptors (Lipinski definition) is 4. The van der Waals surface area contributed by atoms with Crippen molar-refractivity contribution in [3.05, 3.63) is 17.0 Å². The summed E-state index contributed by atoms with van der Waals surface area (Å²) < 4.78 is 27.9. The van der Waals surface area contributed by atoms with E-state index in [0.29, 0.717) is 0 Å². The van der Waals surface area contributed by atoms with Gasteiger partial charge in [-0.2, -0.15) is 4.72 Å². The van der Waals surface area contributed by atoms with Crippen molar-refractivity contribution in [3.63, 3.8) is 0 Å². The fourth-order valence-electron chi connectivity index (χ4n) is 2.52. The third-order valence-electron chi connectivity index (χ3n) is 3.88. The zero-order valence-corrected chi connectivity index (χ0v) is 15.0. The van der Waals surface area contributed by atoms with Gasteiger partial charge in [-0.3, -0.25) is 4.79 Å². The minimum atomic E-state index is -3.65. The molecule has 2 heterocycles. The number of amides is 1. The van der Waals surface area contributed by atoms with Crippen LogP contribution in [0.25, 0.3) is 0 Å². The molecular weight excluding hydrogens is 320 g/mol. The number of thiophene rings is 1. The summed E-state index contributed by atoms with van der Waals surface area (Å²) in [5.41, 5.74) is 0. The first kappa shape index (κ1) is 17.4. The molecule has 1 atom stereocenters. The van der Waals surface area contributed by atoms with E-state index in [0.717, 1.165) is 37.2 Å². The van der Waals surface area contributed by atoms with Gasteiger partial charge in [-0.25, -0.2) is 8.42 Å². The van der Waals surface area contributed by atoms with Crippen LogP contribution in [-0.4, -0.2) is 38.4 Å². The number of likely N-dealkylation sites (tertiary alicyclic amines) is 1. The number of nitrogens with one attached hydrogen (secondary N) is 1. The van der Waals surface area contributed by atoms with Crippen LogP contribution in [0.15, 0.2) is 16.3 Å². The molecule has 1 aliphatic rings. The van der Waals surface area contributed by atoms with Crippen molar-refractivity contribution in [3.8, 4) is 0 Å². The first-order valence-electron chi connectivity index (χ1n) is 7.75. The monoisotopic (exact) mass is 344 g/mol. The van der Waals surface area contributed by atoms with E-state index >= 15 is 0 Å². The SMILES string of the molecule is CCc1ccc(S(=O)(=O)N[C@H](C(=O)N2CCCC2)C(C)C)s1. The van der Waals surface area contributed by atoms with Gasteiger partial charge in [0.05, 0.1) is 0 Å². The fourth-order valence-corrected chi connectivity index (χ4v) is 5.17. The van der Waals surface area contributed by atoms with E-state index in [1.165, 1.54) is 11.3 Å². The smallest absolute Gasteiger partial charge is 0.250 e. The van der Waals surface area contributed by atoms with Crippen LogP contribution in [-0.2, 0) is 21.2 Å². The van der Waals surface area contributed by atoms with Crippen LogP contribution in [0.2, 0.25) is 0 Å². The number of sulfonamides is 1. The number of nitrogens with zero attached hydrogens (tertiary/aromatic N) is 1. The maximum Gasteiger partial charge on any atom is 0.250 e. The van der Waals surface area contributed by atoms with Crippen molar-refractivity contribution in [2.75, 3.05) is 13.1 Å². The highest BCUT2D eigenvalue weighted by molar-refractivity contribution is 7.91. The number of carbonyl (C=O) groups is 1. The fraction of sp³-hybridized carbons (Fsp3) is 0.667. The molecule has 1 amide bonds. The van der Waals surface area contributed by atoms with Gasteiger partial charge in [-0.1, -0.05) is 20.8 Å². The van der Waals surface area contributed by atoms with Crippen molar-refractivity contribution >= 4 is 27.3 Å². The molecule has 0 aromatic carbocycles. The Kier molecular flexibility index (Phi) is 5.63. The number of carbonyl (C=O) groups excluding carboxylic acids is 1. The van der Waals surface area contributed by atoms with E-state index in [9.17, 15) is 13.2 Å².